The van der Waals surface area contributed by atoms with Crippen LogP contribution in [0.2, 0.25) is 0 Å². The smallest absolute Gasteiger partial charge is 0.150 e. The molecule has 58 valence electrons. The standard InChI is InChI=1S/C9H9BrO/c1-6-3-9(10)4-8(5-11)7(6)2/h3-5H,1-2H3. The molecule has 0 N–H and O–H groups in total. The van der Waals surface area contributed by atoms with Crippen LogP contribution in [-0.2, 0) is 0 Å². The van der Waals surface area contributed by atoms with E-state index in [0.29, 0.717) is 0 Å². The Kier molecular flexibility index (Phi) is 2.45. The van der Waals surface area contributed by atoms with Crippen molar-refractivity contribution in [1.82, 2.24) is 0 Å². The zero-order chi connectivity index (χ0) is 8.43. The molecule has 2 heteroatoms. The predicted octanol–water partition coefficient (Wildman–Crippen LogP) is 2.88. The monoisotopic (exact) mass is 212 g/mol. The number of hydrogen-bond acceptors (Lipinski definition) is 1. The number of halogens is 1. The molecule has 0 saturated heterocycles. The molecule has 0 aromatic heterocycles. The van der Waals surface area contributed by atoms with Gasteiger partial charge in [-0.15, -0.1) is 0 Å². The normalized spacial score (nSPS) is 9.73. The zero-order valence-corrected chi connectivity index (χ0v) is 8.10. The Morgan fingerprint density at radius 1 is 1.36 bits per heavy atom. The highest BCUT2D eigenvalue weighted by Gasteiger charge is 2.00. The number of benzene rings is 1. The molecule has 1 nitrogen and oxygen atoms in total. The van der Waals surface area contributed by atoms with Gasteiger partial charge in [-0.1, -0.05) is 15.9 Å². The average molecular weight is 213 g/mol. The predicted molar refractivity (Wildman–Crippen MR) is 49.0 cm³/mol. The lowest BCUT2D eigenvalue weighted by Gasteiger charge is -2.02. The van der Waals surface area contributed by atoms with E-state index in [1.807, 2.05) is 26.0 Å². The molecule has 0 fully saturated rings. The zero-order valence-electron chi connectivity index (χ0n) is 6.52. The first-order valence-electron chi connectivity index (χ1n) is 3.37. The van der Waals surface area contributed by atoms with Crippen LogP contribution in [0.3, 0.4) is 0 Å². The van der Waals surface area contributed by atoms with Gasteiger partial charge in [-0.25, -0.2) is 0 Å². The third kappa shape index (κ3) is 1.69. The van der Waals surface area contributed by atoms with E-state index in [1.54, 1.807) is 0 Å². The molecule has 1 rings (SSSR count). The summed E-state index contributed by atoms with van der Waals surface area (Å²) in [7, 11) is 0. The first-order chi connectivity index (χ1) is 5.15. The molecule has 0 spiro atoms. The highest BCUT2D eigenvalue weighted by atomic mass is 79.9. The number of carbonyl (C=O) groups excluding carboxylic acids is 1. The largest absolute Gasteiger partial charge is 0.298 e. The quantitative estimate of drug-likeness (QED) is 0.655. The summed E-state index contributed by atoms with van der Waals surface area (Å²) >= 11 is 3.33. The van der Waals surface area contributed by atoms with Crippen LogP contribution >= 0.6 is 15.9 Å². The van der Waals surface area contributed by atoms with Crippen molar-refractivity contribution in [2.75, 3.05) is 0 Å². The number of hydrogen-bond donors (Lipinski definition) is 0. The summed E-state index contributed by atoms with van der Waals surface area (Å²) in [4.78, 5) is 10.5. The molecular formula is C9H9BrO. The summed E-state index contributed by atoms with van der Waals surface area (Å²) in [6.07, 6.45) is 0.882. The van der Waals surface area contributed by atoms with Crippen LogP contribution in [0.5, 0.6) is 0 Å². The van der Waals surface area contributed by atoms with Gasteiger partial charge in [0.1, 0.15) is 6.29 Å². The summed E-state index contributed by atoms with van der Waals surface area (Å²) in [5, 5.41) is 0. The molecule has 1 aromatic rings. The second kappa shape index (κ2) is 3.18. The molecule has 0 radical (unpaired) electrons. The van der Waals surface area contributed by atoms with Crippen molar-refractivity contribution in [3.8, 4) is 0 Å². The van der Waals surface area contributed by atoms with Gasteiger partial charge in [-0.2, -0.15) is 0 Å². The van der Waals surface area contributed by atoms with Gasteiger partial charge in [0.05, 0.1) is 0 Å². The Balaban J connectivity index is 3.35. The SMILES string of the molecule is Cc1cc(Br)cc(C=O)c1C. The maximum atomic E-state index is 10.5. The van der Waals surface area contributed by atoms with Gasteiger partial charge in [0.25, 0.3) is 0 Å². The Morgan fingerprint density at radius 3 is 2.55 bits per heavy atom. The second-order valence-electron chi connectivity index (χ2n) is 2.55. The van der Waals surface area contributed by atoms with Crippen molar-refractivity contribution in [2.45, 2.75) is 13.8 Å². The van der Waals surface area contributed by atoms with Gasteiger partial charge in [0.2, 0.25) is 0 Å². The molecule has 11 heavy (non-hydrogen) atoms. The van der Waals surface area contributed by atoms with Crippen LogP contribution in [-0.4, -0.2) is 6.29 Å². The minimum Gasteiger partial charge on any atom is -0.298 e. The van der Waals surface area contributed by atoms with Crippen LogP contribution in [0, 0.1) is 13.8 Å². The fraction of sp³-hybridized carbons (Fsp3) is 0.222. The van der Waals surface area contributed by atoms with E-state index in [2.05, 4.69) is 15.9 Å². The lowest BCUT2D eigenvalue weighted by molar-refractivity contribution is 0.112. The Morgan fingerprint density at radius 2 is 2.00 bits per heavy atom. The number of carbonyl (C=O) groups is 1. The van der Waals surface area contributed by atoms with E-state index in [1.165, 1.54) is 0 Å². The van der Waals surface area contributed by atoms with E-state index in [0.717, 1.165) is 27.4 Å². The summed E-state index contributed by atoms with van der Waals surface area (Å²) < 4.78 is 0.961. The van der Waals surface area contributed by atoms with Crippen molar-refractivity contribution in [3.05, 3.63) is 33.3 Å². The van der Waals surface area contributed by atoms with E-state index in [4.69, 9.17) is 0 Å². The summed E-state index contributed by atoms with van der Waals surface area (Å²) in [5.74, 6) is 0. The molecule has 0 saturated carbocycles. The van der Waals surface area contributed by atoms with Gasteiger partial charge >= 0.3 is 0 Å². The topological polar surface area (TPSA) is 17.1 Å². The molecule has 0 atom stereocenters. The van der Waals surface area contributed by atoms with Crippen molar-refractivity contribution in [3.63, 3.8) is 0 Å². The summed E-state index contributed by atoms with van der Waals surface area (Å²) in [6, 6.07) is 3.83. The molecular weight excluding hydrogens is 204 g/mol. The lowest BCUT2D eigenvalue weighted by atomic mass is 10.1. The maximum absolute atomic E-state index is 10.5. The van der Waals surface area contributed by atoms with Crippen molar-refractivity contribution < 1.29 is 4.79 Å². The Bertz CT molecular complexity index is 292. The van der Waals surface area contributed by atoms with Gasteiger partial charge in [-0.3, -0.25) is 4.79 Å². The third-order valence-electron chi connectivity index (χ3n) is 1.80. The highest BCUT2D eigenvalue weighted by Crippen LogP contribution is 2.18. The molecule has 0 amide bonds. The minimum absolute atomic E-state index is 0.761. The fourth-order valence-electron chi connectivity index (χ4n) is 0.964. The maximum Gasteiger partial charge on any atom is 0.150 e. The number of aldehydes is 1. The van der Waals surface area contributed by atoms with Crippen LogP contribution in [0.15, 0.2) is 16.6 Å². The minimum atomic E-state index is 0.761. The van der Waals surface area contributed by atoms with Crippen molar-refractivity contribution in [2.24, 2.45) is 0 Å². The molecule has 0 aliphatic rings. The fourth-order valence-corrected chi connectivity index (χ4v) is 1.55. The summed E-state index contributed by atoms with van der Waals surface area (Å²) in [5.41, 5.74) is 2.96. The molecule has 1 aromatic carbocycles. The van der Waals surface area contributed by atoms with Gasteiger partial charge < -0.3 is 0 Å². The third-order valence-corrected chi connectivity index (χ3v) is 2.26. The lowest BCUT2D eigenvalue weighted by Crippen LogP contribution is -1.89. The van der Waals surface area contributed by atoms with E-state index in [-0.39, 0.29) is 0 Å². The van der Waals surface area contributed by atoms with Crippen molar-refractivity contribution >= 4 is 22.2 Å². The van der Waals surface area contributed by atoms with Gasteiger partial charge in [0.15, 0.2) is 0 Å². The molecule has 0 bridgehead atoms. The molecule has 0 aliphatic carbocycles. The van der Waals surface area contributed by atoms with E-state index in [9.17, 15) is 4.79 Å². The number of aryl methyl sites for hydroxylation is 1. The second-order valence-corrected chi connectivity index (χ2v) is 3.47. The van der Waals surface area contributed by atoms with Crippen LogP contribution in [0.4, 0.5) is 0 Å². The van der Waals surface area contributed by atoms with Gasteiger partial charge in [0, 0.05) is 10.0 Å². The Labute approximate surface area is 74.6 Å². The van der Waals surface area contributed by atoms with Crippen LogP contribution < -0.4 is 0 Å². The molecule has 0 unspecified atom stereocenters. The first-order valence-corrected chi connectivity index (χ1v) is 4.16. The average Bonchev–Trinajstić information content (AvgIpc) is 1.96. The van der Waals surface area contributed by atoms with E-state index < -0.39 is 0 Å². The van der Waals surface area contributed by atoms with Gasteiger partial charge in [-0.05, 0) is 37.1 Å². The molecule has 0 aliphatic heterocycles. The number of rotatable bonds is 1. The van der Waals surface area contributed by atoms with Crippen LogP contribution in [0.1, 0.15) is 21.5 Å². The first kappa shape index (κ1) is 8.47. The summed E-state index contributed by atoms with van der Waals surface area (Å²) in [6.45, 7) is 3.94. The highest BCUT2D eigenvalue weighted by molar-refractivity contribution is 9.10. The van der Waals surface area contributed by atoms with Crippen molar-refractivity contribution in [1.29, 1.82) is 0 Å². The van der Waals surface area contributed by atoms with E-state index >= 15 is 0 Å². The van der Waals surface area contributed by atoms with Crippen LogP contribution in [0.25, 0.3) is 0 Å². The molecule has 0 heterocycles. The Hall–Kier alpha value is -0.630.